The van der Waals surface area contributed by atoms with E-state index in [2.05, 4.69) is 0 Å². The monoisotopic (exact) mass is 334 g/mol. The molecular weight excluding hydrogens is 312 g/mol. The molecule has 7 nitrogen and oxygen atoms in total. The average Bonchev–Trinajstić information content (AvgIpc) is 2.61. The molecule has 0 radical (unpaired) electrons. The number of fused-ring (bicyclic) bond motifs is 1. The van der Waals surface area contributed by atoms with Gasteiger partial charge in [-0.15, -0.1) is 0 Å². The molecule has 1 aromatic carbocycles. The maximum absolute atomic E-state index is 12.8. The van der Waals surface area contributed by atoms with Gasteiger partial charge in [0, 0.05) is 31.7 Å². The summed E-state index contributed by atoms with van der Waals surface area (Å²) in [4.78, 5) is 27.9. The number of piperazine rings is 1. The second-order valence-electron chi connectivity index (χ2n) is 5.79. The molecule has 0 saturated carbocycles. The van der Waals surface area contributed by atoms with Crippen molar-refractivity contribution >= 4 is 12.0 Å². The molecule has 2 amide bonds. The molecule has 130 valence electrons. The topological polar surface area (TPSA) is 68.3 Å². The molecule has 2 aliphatic rings. The van der Waals surface area contributed by atoms with Crippen molar-refractivity contribution in [2.24, 2.45) is 0 Å². The molecule has 0 N–H and O–H groups in total. The molecule has 2 aliphatic heterocycles. The van der Waals surface area contributed by atoms with E-state index in [9.17, 15) is 9.59 Å². The van der Waals surface area contributed by atoms with Crippen molar-refractivity contribution in [1.29, 1.82) is 0 Å². The normalized spacial score (nSPS) is 16.8. The van der Waals surface area contributed by atoms with E-state index in [-0.39, 0.29) is 12.0 Å². The van der Waals surface area contributed by atoms with Gasteiger partial charge in [-0.3, -0.25) is 4.79 Å². The number of benzene rings is 1. The highest BCUT2D eigenvalue weighted by Crippen LogP contribution is 2.33. The van der Waals surface area contributed by atoms with Gasteiger partial charge in [-0.25, -0.2) is 4.79 Å². The first kappa shape index (κ1) is 16.4. The van der Waals surface area contributed by atoms with Gasteiger partial charge in [-0.1, -0.05) is 0 Å². The van der Waals surface area contributed by atoms with Crippen LogP contribution in [0.25, 0.3) is 0 Å². The number of amides is 2. The SMILES string of the molecule is CCOC(=O)N1CCN(C(=O)c2cc3c(cc2C)OCCO3)CC1. The van der Waals surface area contributed by atoms with Gasteiger partial charge in [0.15, 0.2) is 11.5 Å². The number of carbonyl (C=O) groups excluding carboxylic acids is 2. The first-order valence-corrected chi connectivity index (χ1v) is 8.21. The van der Waals surface area contributed by atoms with Crippen LogP contribution < -0.4 is 9.47 Å². The van der Waals surface area contributed by atoms with Crippen LogP contribution in [0, 0.1) is 6.92 Å². The van der Waals surface area contributed by atoms with E-state index in [0.29, 0.717) is 63.1 Å². The van der Waals surface area contributed by atoms with Crippen LogP contribution >= 0.6 is 0 Å². The minimum atomic E-state index is -0.319. The quantitative estimate of drug-likeness (QED) is 0.823. The predicted molar refractivity (Wildman–Crippen MR) is 86.7 cm³/mol. The summed E-state index contributed by atoms with van der Waals surface area (Å²) in [6.07, 6.45) is -0.319. The fourth-order valence-corrected chi connectivity index (χ4v) is 2.90. The molecule has 0 bridgehead atoms. The molecule has 0 atom stereocenters. The smallest absolute Gasteiger partial charge is 0.409 e. The Morgan fingerprint density at radius 1 is 1.04 bits per heavy atom. The van der Waals surface area contributed by atoms with E-state index >= 15 is 0 Å². The van der Waals surface area contributed by atoms with Gasteiger partial charge in [0.2, 0.25) is 0 Å². The minimum Gasteiger partial charge on any atom is -0.486 e. The summed E-state index contributed by atoms with van der Waals surface area (Å²) in [6.45, 7) is 6.98. The number of aryl methyl sites for hydroxylation is 1. The Kier molecular flexibility index (Phi) is 4.78. The Morgan fingerprint density at radius 2 is 1.62 bits per heavy atom. The van der Waals surface area contributed by atoms with E-state index < -0.39 is 0 Å². The molecule has 0 aromatic heterocycles. The summed E-state index contributed by atoms with van der Waals surface area (Å²) in [7, 11) is 0. The summed E-state index contributed by atoms with van der Waals surface area (Å²) in [5.74, 6) is 1.25. The first-order valence-electron chi connectivity index (χ1n) is 8.21. The van der Waals surface area contributed by atoms with Crippen molar-refractivity contribution in [3.05, 3.63) is 23.3 Å². The maximum atomic E-state index is 12.8. The van der Waals surface area contributed by atoms with Gasteiger partial charge in [0.05, 0.1) is 6.61 Å². The van der Waals surface area contributed by atoms with E-state index in [4.69, 9.17) is 14.2 Å². The molecule has 0 unspecified atom stereocenters. The van der Waals surface area contributed by atoms with Gasteiger partial charge in [0.25, 0.3) is 5.91 Å². The molecule has 24 heavy (non-hydrogen) atoms. The van der Waals surface area contributed by atoms with E-state index in [0.717, 1.165) is 5.56 Å². The van der Waals surface area contributed by atoms with Crippen molar-refractivity contribution in [3.8, 4) is 11.5 Å². The van der Waals surface area contributed by atoms with E-state index in [1.165, 1.54) is 0 Å². The number of hydrogen-bond acceptors (Lipinski definition) is 5. The lowest BCUT2D eigenvalue weighted by atomic mass is 10.1. The fraction of sp³-hybridized carbons (Fsp3) is 0.529. The Hall–Kier alpha value is -2.44. The van der Waals surface area contributed by atoms with Crippen molar-refractivity contribution in [1.82, 2.24) is 9.80 Å². The van der Waals surface area contributed by atoms with Crippen LogP contribution in [0.2, 0.25) is 0 Å². The Labute approximate surface area is 141 Å². The summed E-state index contributed by atoms with van der Waals surface area (Å²) in [5, 5.41) is 0. The van der Waals surface area contributed by atoms with E-state index in [1.807, 2.05) is 13.0 Å². The Bertz CT molecular complexity index is 638. The molecule has 1 fully saturated rings. The second kappa shape index (κ2) is 6.98. The zero-order chi connectivity index (χ0) is 17.1. The lowest BCUT2D eigenvalue weighted by Gasteiger charge is -2.34. The lowest BCUT2D eigenvalue weighted by Crippen LogP contribution is -2.50. The summed E-state index contributed by atoms with van der Waals surface area (Å²) < 4.78 is 16.1. The van der Waals surface area contributed by atoms with Crippen LogP contribution in [-0.2, 0) is 4.74 Å². The van der Waals surface area contributed by atoms with Crippen LogP contribution in [0.3, 0.4) is 0 Å². The summed E-state index contributed by atoms with van der Waals surface area (Å²) >= 11 is 0. The van der Waals surface area contributed by atoms with Crippen molar-refractivity contribution < 1.29 is 23.8 Å². The molecular formula is C17H22N2O5. The second-order valence-corrected chi connectivity index (χ2v) is 5.79. The summed E-state index contributed by atoms with van der Waals surface area (Å²) in [5.41, 5.74) is 1.47. The number of nitrogens with zero attached hydrogens (tertiary/aromatic N) is 2. The highest BCUT2D eigenvalue weighted by Gasteiger charge is 2.27. The maximum Gasteiger partial charge on any atom is 0.409 e. The lowest BCUT2D eigenvalue weighted by molar-refractivity contribution is 0.0569. The number of carbonyl (C=O) groups is 2. The molecule has 1 aromatic rings. The molecule has 7 heteroatoms. The molecule has 0 aliphatic carbocycles. The molecule has 0 spiro atoms. The van der Waals surface area contributed by atoms with Gasteiger partial charge >= 0.3 is 6.09 Å². The highest BCUT2D eigenvalue weighted by molar-refractivity contribution is 5.96. The molecule has 2 heterocycles. The Balaban J connectivity index is 1.68. The fourth-order valence-electron chi connectivity index (χ4n) is 2.90. The van der Waals surface area contributed by atoms with Crippen molar-refractivity contribution in [2.45, 2.75) is 13.8 Å². The molecule has 3 rings (SSSR count). The largest absolute Gasteiger partial charge is 0.486 e. The average molecular weight is 334 g/mol. The van der Waals surface area contributed by atoms with Gasteiger partial charge < -0.3 is 24.0 Å². The van der Waals surface area contributed by atoms with Crippen LogP contribution in [0.4, 0.5) is 4.79 Å². The third-order valence-corrected chi connectivity index (χ3v) is 4.21. The van der Waals surface area contributed by atoms with Gasteiger partial charge in [-0.2, -0.15) is 0 Å². The van der Waals surface area contributed by atoms with Crippen LogP contribution in [0.15, 0.2) is 12.1 Å². The van der Waals surface area contributed by atoms with Crippen LogP contribution in [-0.4, -0.2) is 67.8 Å². The number of hydrogen-bond donors (Lipinski definition) is 0. The highest BCUT2D eigenvalue weighted by atomic mass is 16.6. The van der Waals surface area contributed by atoms with Crippen molar-refractivity contribution in [2.75, 3.05) is 46.0 Å². The number of rotatable bonds is 2. The minimum absolute atomic E-state index is 0.0482. The van der Waals surface area contributed by atoms with Gasteiger partial charge in [-0.05, 0) is 31.5 Å². The standard InChI is InChI=1S/C17H22N2O5/c1-3-22-17(21)19-6-4-18(5-7-19)16(20)13-11-15-14(10-12(13)2)23-8-9-24-15/h10-11H,3-9H2,1-2H3. The first-order chi connectivity index (χ1) is 11.6. The third-order valence-electron chi connectivity index (χ3n) is 4.21. The zero-order valence-electron chi connectivity index (χ0n) is 14.0. The van der Waals surface area contributed by atoms with E-state index in [1.54, 1.807) is 22.8 Å². The predicted octanol–water partition coefficient (Wildman–Crippen LogP) is 1.68. The Morgan fingerprint density at radius 3 is 2.25 bits per heavy atom. The van der Waals surface area contributed by atoms with Gasteiger partial charge in [0.1, 0.15) is 13.2 Å². The van der Waals surface area contributed by atoms with Crippen molar-refractivity contribution in [3.63, 3.8) is 0 Å². The van der Waals surface area contributed by atoms with Crippen LogP contribution in [0.1, 0.15) is 22.8 Å². The van der Waals surface area contributed by atoms with Crippen LogP contribution in [0.5, 0.6) is 11.5 Å². The number of ether oxygens (including phenoxy) is 3. The zero-order valence-corrected chi connectivity index (χ0v) is 14.0. The summed E-state index contributed by atoms with van der Waals surface area (Å²) in [6, 6.07) is 3.60. The molecule has 1 saturated heterocycles. The third kappa shape index (κ3) is 3.25.